The maximum absolute atomic E-state index is 12.4. The highest BCUT2D eigenvalue weighted by Gasteiger charge is 2.25. The quantitative estimate of drug-likeness (QED) is 0.842. The molecule has 1 aromatic carbocycles. The topological polar surface area (TPSA) is 64.8 Å². The molecule has 23 heavy (non-hydrogen) atoms. The maximum atomic E-state index is 12.4. The van der Waals surface area contributed by atoms with Gasteiger partial charge in [0.1, 0.15) is 0 Å². The third kappa shape index (κ3) is 2.88. The number of aromatic nitrogens is 1. The molecule has 2 aliphatic rings. The lowest BCUT2D eigenvalue weighted by molar-refractivity contribution is 0.0724. The van der Waals surface area contributed by atoms with Crippen LogP contribution in [0.15, 0.2) is 35.0 Å². The summed E-state index contributed by atoms with van der Waals surface area (Å²) in [5.41, 5.74) is 1.22. The molecule has 0 aliphatic carbocycles. The lowest BCUT2D eigenvalue weighted by Gasteiger charge is -2.18. The first-order valence-electron chi connectivity index (χ1n) is 7.52. The van der Waals surface area contributed by atoms with E-state index in [1.807, 2.05) is 28.8 Å². The average molecular weight is 332 g/mol. The number of fused-ring (bicyclic) bond motifs is 1. The van der Waals surface area contributed by atoms with Crippen LogP contribution >= 0.6 is 11.8 Å². The Bertz CT molecular complexity index is 704. The standard InChI is InChI=1S/C16H16N2O4S/c19-16(13-3-5-17-22-13)18-6-4-15(23-8-7-18)11-1-2-12-14(9-11)21-10-20-12/h1-3,5,9,15H,4,6-8,10H2. The van der Waals surface area contributed by atoms with Crippen LogP contribution in [0.4, 0.5) is 0 Å². The fourth-order valence-corrected chi connectivity index (χ4v) is 4.06. The molecule has 6 nitrogen and oxygen atoms in total. The van der Waals surface area contributed by atoms with Crippen LogP contribution in [-0.4, -0.2) is 41.6 Å². The van der Waals surface area contributed by atoms with Crippen LogP contribution in [0.1, 0.15) is 27.8 Å². The van der Waals surface area contributed by atoms with Crippen LogP contribution in [0.5, 0.6) is 11.5 Å². The Balaban J connectivity index is 1.46. The van der Waals surface area contributed by atoms with Gasteiger partial charge in [-0.1, -0.05) is 11.2 Å². The van der Waals surface area contributed by atoms with Gasteiger partial charge in [-0.15, -0.1) is 0 Å². The Morgan fingerprint density at radius 2 is 2.13 bits per heavy atom. The molecular weight excluding hydrogens is 316 g/mol. The third-order valence-electron chi connectivity index (χ3n) is 4.05. The first-order chi connectivity index (χ1) is 11.3. The van der Waals surface area contributed by atoms with Crippen molar-refractivity contribution in [2.24, 2.45) is 0 Å². The van der Waals surface area contributed by atoms with Gasteiger partial charge in [0.25, 0.3) is 5.91 Å². The van der Waals surface area contributed by atoms with Gasteiger partial charge in [-0.05, 0) is 24.1 Å². The van der Waals surface area contributed by atoms with E-state index in [1.165, 1.54) is 11.8 Å². The van der Waals surface area contributed by atoms with Gasteiger partial charge < -0.3 is 18.9 Å². The third-order valence-corrected chi connectivity index (χ3v) is 5.37. The zero-order valence-corrected chi connectivity index (χ0v) is 13.3. The largest absolute Gasteiger partial charge is 0.454 e. The Labute approximate surface area is 137 Å². The monoisotopic (exact) mass is 332 g/mol. The van der Waals surface area contributed by atoms with Gasteiger partial charge >= 0.3 is 0 Å². The van der Waals surface area contributed by atoms with Crippen LogP contribution in [-0.2, 0) is 0 Å². The number of hydrogen-bond acceptors (Lipinski definition) is 6. The fraction of sp³-hybridized carbons (Fsp3) is 0.375. The van der Waals surface area contributed by atoms with Crippen LogP contribution < -0.4 is 9.47 Å². The number of benzene rings is 1. The van der Waals surface area contributed by atoms with Crippen molar-refractivity contribution in [3.63, 3.8) is 0 Å². The average Bonchev–Trinajstić information content (AvgIpc) is 3.20. The van der Waals surface area contributed by atoms with Crippen LogP contribution in [0.25, 0.3) is 0 Å². The molecule has 1 aromatic heterocycles. The Kier molecular flexibility index (Phi) is 3.87. The number of carbonyl (C=O) groups is 1. The van der Waals surface area contributed by atoms with Crippen molar-refractivity contribution in [3.8, 4) is 11.5 Å². The minimum absolute atomic E-state index is 0.0885. The van der Waals surface area contributed by atoms with Crippen molar-refractivity contribution in [2.45, 2.75) is 11.7 Å². The van der Waals surface area contributed by atoms with Gasteiger partial charge in [-0.2, -0.15) is 11.8 Å². The molecule has 1 amide bonds. The molecule has 0 radical (unpaired) electrons. The molecule has 1 atom stereocenters. The zero-order valence-electron chi connectivity index (χ0n) is 12.4. The normalized spacial score (nSPS) is 20.3. The summed E-state index contributed by atoms with van der Waals surface area (Å²) in [7, 11) is 0. The van der Waals surface area contributed by atoms with Gasteiger partial charge in [0, 0.05) is 30.2 Å². The van der Waals surface area contributed by atoms with Gasteiger partial charge in [-0.25, -0.2) is 0 Å². The molecule has 120 valence electrons. The molecule has 4 rings (SSSR count). The predicted molar refractivity (Wildman–Crippen MR) is 84.8 cm³/mol. The van der Waals surface area contributed by atoms with E-state index in [1.54, 1.807) is 6.07 Å². The molecule has 7 heteroatoms. The van der Waals surface area contributed by atoms with E-state index in [9.17, 15) is 4.79 Å². The molecule has 0 spiro atoms. The van der Waals surface area contributed by atoms with E-state index in [0.29, 0.717) is 24.1 Å². The van der Waals surface area contributed by atoms with E-state index >= 15 is 0 Å². The van der Waals surface area contributed by atoms with Gasteiger partial charge in [0.05, 0.1) is 6.20 Å². The Hall–Kier alpha value is -2.15. The highest BCUT2D eigenvalue weighted by molar-refractivity contribution is 7.99. The summed E-state index contributed by atoms with van der Waals surface area (Å²) >= 11 is 1.86. The Morgan fingerprint density at radius 1 is 1.22 bits per heavy atom. The van der Waals surface area contributed by atoms with E-state index in [2.05, 4.69) is 11.2 Å². The zero-order chi connectivity index (χ0) is 15.6. The summed E-state index contributed by atoms with van der Waals surface area (Å²) in [5.74, 6) is 2.71. The molecule has 1 fully saturated rings. The number of ether oxygens (including phenoxy) is 2. The van der Waals surface area contributed by atoms with E-state index in [-0.39, 0.29) is 12.7 Å². The molecule has 3 heterocycles. The summed E-state index contributed by atoms with van der Waals surface area (Å²) in [5, 5.41) is 3.95. The van der Waals surface area contributed by atoms with Gasteiger partial charge in [-0.3, -0.25) is 4.79 Å². The van der Waals surface area contributed by atoms with Crippen molar-refractivity contribution in [2.75, 3.05) is 25.6 Å². The summed E-state index contributed by atoms with van der Waals surface area (Å²) < 4.78 is 15.8. The minimum Gasteiger partial charge on any atom is -0.454 e. The minimum atomic E-state index is -0.0885. The Morgan fingerprint density at radius 3 is 3.00 bits per heavy atom. The number of amides is 1. The second-order valence-electron chi connectivity index (χ2n) is 5.43. The molecule has 2 aliphatic heterocycles. The van der Waals surface area contributed by atoms with Crippen molar-refractivity contribution < 1.29 is 18.8 Å². The molecule has 1 saturated heterocycles. The van der Waals surface area contributed by atoms with Gasteiger partial charge in [0.2, 0.25) is 12.6 Å². The summed E-state index contributed by atoms with van der Waals surface area (Å²) in [6.45, 7) is 1.70. The lowest BCUT2D eigenvalue weighted by atomic mass is 10.1. The van der Waals surface area contributed by atoms with Crippen molar-refractivity contribution in [3.05, 3.63) is 41.8 Å². The molecule has 0 saturated carbocycles. The lowest BCUT2D eigenvalue weighted by Crippen LogP contribution is -2.32. The molecule has 2 aromatic rings. The number of carbonyl (C=O) groups excluding carboxylic acids is 1. The SMILES string of the molecule is O=C(c1ccno1)N1CCSC(c2ccc3c(c2)OCO3)CC1. The summed E-state index contributed by atoms with van der Waals surface area (Å²) in [6.07, 6.45) is 2.39. The first kappa shape index (κ1) is 14.4. The molecule has 0 bridgehead atoms. The van der Waals surface area contributed by atoms with E-state index in [0.717, 1.165) is 23.7 Å². The fourth-order valence-electron chi connectivity index (χ4n) is 2.83. The highest BCUT2D eigenvalue weighted by Crippen LogP contribution is 2.40. The van der Waals surface area contributed by atoms with E-state index < -0.39 is 0 Å². The molecule has 0 N–H and O–H groups in total. The second-order valence-corrected chi connectivity index (χ2v) is 6.74. The number of hydrogen-bond donors (Lipinski definition) is 0. The maximum Gasteiger partial charge on any atom is 0.292 e. The second kappa shape index (κ2) is 6.16. The molecule has 1 unspecified atom stereocenters. The highest BCUT2D eigenvalue weighted by atomic mass is 32.2. The smallest absolute Gasteiger partial charge is 0.292 e. The summed E-state index contributed by atoms with van der Waals surface area (Å²) in [4.78, 5) is 14.2. The first-order valence-corrected chi connectivity index (χ1v) is 8.57. The molecular formula is C16H16N2O4S. The van der Waals surface area contributed by atoms with Crippen LogP contribution in [0.3, 0.4) is 0 Å². The summed E-state index contributed by atoms with van der Waals surface area (Å²) in [6, 6.07) is 7.70. The van der Waals surface area contributed by atoms with E-state index in [4.69, 9.17) is 14.0 Å². The number of thioether (sulfide) groups is 1. The van der Waals surface area contributed by atoms with Gasteiger partial charge in [0.15, 0.2) is 11.5 Å². The van der Waals surface area contributed by atoms with Crippen molar-refractivity contribution in [1.29, 1.82) is 0 Å². The van der Waals surface area contributed by atoms with Crippen molar-refractivity contribution >= 4 is 17.7 Å². The van der Waals surface area contributed by atoms with Crippen LogP contribution in [0.2, 0.25) is 0 Å². The number of nitrogens with zero attached hydrogens (tertiary/aromatic N) is 2. The number of rotatable bonds is 2. The van der Waals surface area contributed by atoms with Crippen LogP contribution in [0, 0.1) is 0 Å². The predicted octanol–water partition coefficient (Wildman–Crippen LogP) is 2.72. The van der Waals surface area contributed by atoms with Crippen molar-refractivity contribution in [1.82, 2.24) is 10.1 Å².